The van der Waals surface area contributed by atoms with Gasteiger partial charge in [0.15, 0.2) is 0 Å². The molecule has 0 N–H and O–H groups in total. The van der Waals surface area contributed by atoms with Gasteiger partial charge in [-0.1, -0.05) is 0 Å². The van der Waals surface area contributed by atoms with Gasteiger partial charge in [0.1, 0.15) is 0 Å². The molecular formula is C8H7BrO3Zn. The van der Waals surface area contributed by atoms with Gasteiger partial charge in [0.2, 0.25) is 6.79 Å². The second kappa shape index (κ2) is 5.45. The Morgan fingerprint density at radius 3 is 2.92 bits per heavy atom. The molecule has 1 aliphatic rings. The molecule has 0 saturated carbocycles. The van der Waals surface area contributed by atoms with E-state index in [1.807, 2.05) is 0 Å². The summed E-state index contributed by atoms with van der Waals surface area (Å²) in [4.78, 5) is 0. The molecule has 13 heavy (non-hydrogen) atoms. The average Bonchev–Trinajstić information content (AvgIpc) is 2.68. The van der Waals surface area contributed by atoms with E-state index in [0.717, 1.165) is 0 Å². The van der Waals surface area contributed by atoms with Crippen LogP contribution in [-0.4, -0.2) is 13.9 Å². The molecule has 2 rings (SSSR count). The molecule has 0 bridgehead atoms. The first-order valence-corrected chi connectivity index (χ1v) is 10.5. The number of hydrogen-bond donors (Lipinski definition) is 0. The number of hydrogen-bond acceptors (Lipinski definition) is 3. The van der Waals surface area contributed by atoms with Gasteiger partial charge in [0.25, 0.3) is 0 Å². The summed E-state index contributed by atoms with van der Waals surface area (Å²) in [6, 6.07) is 6.33. The second-order valence-electron chi connectivity index (χ2n) is 2.12. The molecule has 0 aliphatic carbocycles. The maximum atomic E-state index is 5.15. The van der Waals surface area contributed by atoms with E-state index >= 15 is 0 Å². The summed E-state index contributed by atoms with van der Waals surface area (Å²) in [5, 5.41) is 0. The first-order valence-electron chi connectivity index (χ1n) is 3.52. The van der Waals surface area contributed by atoms with Gasteiger partial charge < -0.3 is 14.2 Å². The van der Waals surface area contributed by atoms with Gasteiger partial charge in [-0.05, 0) is 0 Å². The summed E-state index contributed by atoms with van der Waals surface area (Å²) < 4.78 is 15.3. The van der Waals surface area contributed by atoms with E-state index in [4.69, 9.17) is 14.2 Å². The molecule has 1 aromatic rings. The first kappa shape index (κ1) is 10.8. The predicted molar refractivity (Wildman–Crippen MR) is 46.9 cm³/mol. The van der Waals surface area contributed by atoms with Crippen LogP contribution in [0.4, 0.5) is 0 Å². The van der Waals surface area contributed by atoms with Gasteiger partial charge in [-0.25, -0.2) is 0 Å². The molecule has 0 spiro atoms. The number of ether oxygens (including phenoxy) is 3. The Kier molecular flexibility index (Phi) is 4.53. The van der Waals surface area contributed by atoms with E-state index in [1.54, 1.807) is 19.2 Å². The van der Waals surface area contributed by atoms with Gasteiger partial charge >= 0.3 is 30.0 Å². The zero-order valence-corrected chi connectivity index (χ0v) is 11.7. The van der Waals surface area contributed by atoms with E-state index in [1.165, 1.54) is 16.3 Å². The van der Waals surface area contributed by atoms with Crippen LogP contribution in [0, 0.1) is 6.07 Å². The summed E-state index contributed by atoms with van der Waals surface area (Å²) in [5.41, 5.74) is 0. The van der Waals surface area contributed by atoms with Crippen molar-refractivity contribution < 1.29 is 30.6 Å². The molecule has 1 aromatic carbocycles. The normalized spacial score (nSPS) is 11.7. The fourth-order valence-corrected chi connectivity index (χ4v) is 0.999. The fourth-order valence-electron chi connectivity index (χ4n) is 0.999. The average molecular weight is 296 g/mol. The van der Waals surface area contributed by atoms with Gasteiger partial charge in [-0.3, -0.25) is 0 Å². The summed E-state index contributed by atoms with van der Waals surface area (Å²) in [6.45, 7) is 0.267. The minimum absolute atomic E-state index is 0.267. The SMILES string of the molecule is COc1c[c-]cc2c1OCO2.[Zn+][Br]. The predicted octanol–water partition coefficient (Wildman–Crippen LogP) is 2.07. The summed E-state index contributed by atoms with van der Waals surface area (Å²) in [6.07, 6.45) is 0. The summed E-state index contributed by atoms with van der Waals surface area (Å²) >= 11 is 4.25. The van der Waals surface area contributed by atoms with Gasteiger partial charge in [-0.15, -0.1) is 12.1 Å². The molecule has 0 fully saturated rings. The van der Waals surface area contributed by atoms with Crippen LogP contribution in [0.3, 0.4) is 0 Å². The molecule has 66 valence electrons. The molecule has 1 aliphatic heterocycles. The van der Waals surface area contributed by atoms with E-state index in [0.29, 0.717) is 17.2 Å². The molecule has 5 heteroatoms. The van der Waals surface area contributed by atoms with E-state index < -0.39 is 0 Å². The standard InChI is InChI=1S/C8H7O3.BrH.Zn/c1-9-6-3-2-4-7-8(6)11-5-10-7;;/h3-4H,5H2,1H3;1H;/q-1;;+2/p-1. The first-order chi connectivity index (χ1) is 6.42. The second-order valence-corrected chi connectivity index (χ2v) is 2.12. The number of benzene rings is 1. The molecule has 0 radical (unpaired) electrons. The van der Waals surface area contributed by atoms with Crippen molar-refractivity contribution in [3.05, 3.63) is 18.2 Å². The van der Waals surface area contributed by atoms with Crippen LogP contribution in [0.1, 0.15) is 0 Å². The van der Waals surface area contributed by atoms with Crippen molar-refractivity contribution in [2.75, 3.05) is 13.9 Å². The van der Waals surface area contributed by atoms with Crippen molar-refractivity contribution in [1.82, 2.24) is 0 Å². The number of halogens is 1. The van der Waals surface area contributed by atoms with Crippen LogP contribution >= 0.6 is 13.6 Å². The quantitative estimate of drug-likeness (QED) is 0.586. The zero-order chi connectivity index (χ0) is 9.68. The molecule has 3 nitrogen and oxygen atoms in total. The Hall–Kier alpha value is -0.277. The monoisotopic (exact) mass is 294 g/mol. The van der Waals surface area contributed by atoms with Crippen molar-refractivity contribution in [3.8, 4) is 17.2 Å². The third kappa shape index (κ3) is 2.35. The number of fused-ring (bicyclic) bond motifs is 1. The zero-order valence-electron chi connectivity index (χ0n) is 7.17. The van der Waals surface area contributed by atoms with Crippen molar-refractivity contribution >= 4 is 13.6 Å². The topological polar surface area (TPSA) is 27.7 Å². The Balaban J connectivity index is 0.000000396. The summed E-state index contributed by atoms with van der Waals surface area (Å²) in [5.74, 6) is 2.04. The Morgan fingerprint density at radius 1 is 1.46 bits per heavy atom. The molecule has 0 aromatic heterocycles. The van der Waals surface area contributed by atoms with E-state index in [2.05, 4.69) is 19.7 Å². The fraction of sp³-hybridized carbons (Fsp3) is 0.250. The van der Waals surface area contributed by atoms with Crippen LogP contribution in [0.5, 0.6) is 17.2 Å². The molecule has 0 saturated heterocycles. The molecule has 1 heterocycles. The maximum absolute atomic E-state index is 5.15. The van der Waals surface area contributed by atoms with Gasteiger partial charge in [0, 0.05) is 0 Å². The van der Waals surface area contributed by atoms with Crippen LogP contribution in [-0.2, 0) is 16.3 Å². The molecule has 0 unspecified atom stereocenters. The third-order valence-corrected chi connectivity index (χ3v) is 1.51. The van der Waals surface area contributed by atoms with Gasteiger partial charge in [-0.2, -0.15) is 6.07 Å². The van der Waals surface area contributed by atoms with Crippen LogP contribution in [0.15, 0.2) is 12.1 Å². The van der Waals surface area contributed by atoms with E-state index in [9.17, 15) is 0 Å². The Labute approximate surface area is 93.4 Å². The molecule has 0 amide bonds. The van der Waals surface area contributed by atoms with Crippen molar-refractivity contribution in [1.29, 1.82) is 0 Å². The number of rotatable bonds is 1. The summed E-state index contributed by atoms with van der Waals surface area (Å²) in [7, 11) is 1.59. The van der Waals surface area contributed by atoms with Crippen molar-refractivity contribution in [3.63, 3.8) is 0 Å². The molecular weight excluding hydrogens is 289 g/mol. The Morgan fingerprint density at radius 2 is 2.23 bits per heavy atom. The van der Waals surface area contributed by atoms with Gasteiger partial charge in [0.05, 0.1) is 24.4 Å². The van der Waals surface area contributed by atoms with Crippen LogP contribution in [0.2, 0.25) is 0 Å². The van der Waals surface area contributed by atoms with E-state index in [-0.39, 0.29) is 6.79 Å². The minimum atomic E-state index is 0.267. The van der Waals surface area contributed by atoms with Crippen molar-refractivity contribution in [2.24, 2.45) is 0 Å². The molecule has 0 atom stereocenters. The van der Waals surface area contributed by atoms with Crippen LogP contribution in [0.25, 0.3) is 0 Å². The number of methoxy groups -OCH3 is 1. The van der Waals surface area contributed by atoms with Crippen molar-refractivity contribution in [2.45, 2.75) is 0 Å². The third-order valence-electron chi connectivity index (χ3n) is 1.51. The Bertz CT molecular complexity index is 280. The van der Waals surface area contributed by atoms with Crippen LogP contribution < -0.4 is 14.2 Å².